The highest BCUT2D eigenvalue weighted by Crippen LogP contribution is 2.26. The Morgan fingerprint density at radius 1 is 1.43 bits per heavy atom. The van der Waals surface area contributed by atoms with Crippen molar-refractivity contribution < 1.29 is 14.0 Å². The Hall–Kier alpha value is -0.660. The second-order valence-electron chi connectivity index (χ2n) is 7.41. The molecule has 0 bridgehead atoms. The van der Waals surface area contributed by atoms with Gasteiger partial charge in [-0.1, -0.05) is 6.07 Å². The van der Waals surface area contributed by atoms with Gasteiger partial charge in [0.15, 0.2) is 5.79 Å². The highest BCUT2D eigenvalue weighted by Gasteiger charge is 2.36. The molecule has 0 aromatic carbocycles. The van der Waals surface area contributed by atoms with Crippen molar-refractivity contribution in [1.82, 2.24) is 9.71 Å². The minimum Gasteiger partial charge on any atom is -0.598 e. The number of hydrogen-bond acceptors (Lipinski definition) is 5. The van der Waals surface area contributed by atoms with E-state index in [1.165, 1.54) is 0 Å². The zero-order chi connectivity index (χ0) is 17.1. The lowest BCUT2D eigenvalue weighted by molar-refractivity contribution is -0.139. The molecule has 2 rings (SSSR count). The Morgan fingerprint density at radius 2 is 2.17 bits per heavy atom. The predicted molar refractivity (Wildman–Crippen MR) is 92.3 cm³/mol. The molecule has 1 aliphatic rings. The summed E-state index contributed by atoms with van der Waals surface area (Å²) in [6.07, 6.45) is 3.24. The molecule has 1 aromatic rings. The highest BCUT2D eigenvalue weighted by atomic mass is 32.2. The number of nitrogens with zero attached hydrogens (tertiary/aromatic N) is 1. The molecule has 1 aromatic heterocycles. The first-order valence-electron chi connectivity index (χ1n) is 8.05. The van der Waals surface area contributed by atoms with E-state index in [1.54, 1.807) is 6.20 Å². The molecule has 0 saturated carbocycles. The lowest BCUT2D eigenvalue weighted by atomic mass is 10.1. The maximum absolute atomic E-state index is 12.5. The van der Waals surface area contributed by atoms with Crippen LogP contribution in [-0.4, -0.2) is 38.8 Å². The van der Waals surface area contributed by atoms with E-state index in [9.17, 15) is 4.55 Å². The van der Waals surface area contributed by atoms with Gasteiger partial charge >= 0.3 is 0 Å². The minimum atomic E-state index is -1.13. The van der Waals surface area contributed by atoms with Crippen LogP contribution in [0, 0.1) is 0 Å². The standard InChI is InChI=1S/C17H28N2O3S/c1-16(2,3)23(20)19-14(10-13-8-6-7-9-18-13)11-15-12-21-17(4,5)22-15/h6-9,14-15,19H,10-12H2,1-5H3/t14-,15-,23?/m0/s1. The van der Waals surface area contributed by atoms with Gasteiger partial charge in [-0.3, -0.25) is 4.98 Å². The van der Waals surface area contributed by atoms with E-state index in [2.05, 4.69) is 9.71 Å². The zero-order valence-electron chi connectivity index (χ0n) is 14.7. The van der Waals surface area contributed by atoms with E-state index in [1.807, 2.05) is 52.8 Å². The van der Waals surface area contributed by atoms with E-state index >= 15 is 0 Å². The molecule has 23 heavy (non-hydrogen) atoms. The average molecular weight is 340 g/mol. The first-order chi connectivity index (χ1) is 10.7. The fourth-order valence-electron chi connectivity index (χ4n) is 2.47. The number of ether oxygens (including phenoxy) is 2. The molecule has 0 spiro atoms. The largest absolute Gasteiger partial charge is 0.598 e. The lowest BCUT2D eigenvalue weighted by Crippen LogP contribution is -2.47. The van der Waals surface area contributed by atoms with E-state index in [0.29, 0.717) is 13.0 Å². The number of nitrogens with one attached hydrogen (secondary N) is 1. The Morgan fingerprint density at radius 3 is 2.70 bits per heavy atom. The first-order valence-corrected chi connectivity index (χ1v) is 9.20. The molecule has 6 heteroatoms. The van der Waals surface area contributed by atoms with Gasteiger partial charge in [0.2, 0.25) is 0 Å². The van der Waals surface area contributed by atoms with Gasteiger partial charge in [0.05, 0.1) is 18.8 Å². The van der Waals surface area contributed by atoms with Crippen LogP contribution in [0.5, 0.6) is 0 Å². The van der Waals surface area contributed by atoms with Gasteiger partial charge in [-0.15, -0.1) is 4.72 Å². The molecule has 1 N–H and O–H groups in total. The van der Waals surface area contributed by atoms with Crippen molar-refractivity contribution in [2.24, 2.45) is 0 Å². The van der Waals surface area contributed by atoms with Gasteiger partial charge in [-0.25, -0.2) is 0 Å². The lowest BCUT2D eigenvalue weighted by Gasteiger charge is -2.29. The second kappa shape index (κ2) is 7.49. The maximum atomic E-state index is 12.5. The van der Waals surface area contributed by atoms with Crippen LogP contribution in [0.25, 0.3) is 0 Å². The molecule has 0 aliphatic carbocycles. The van der Waals surface area contributed by atoms with Crippen molar-refractivity contribution in [1.29, 1.82) is 0 Å². The maximum Gasteiger partial charge on any atom is 0.163 e. The number of hydrogen-bond donors (Lipinski definition) is 1. The van der Waals surface area contributed by atoms with Crippen LogP contribution in [0.15, 0.2) is 24.4 Å². The van der Waals surface area contributed by atoms with Gasteiger partial charge in [0.25, 0.3) is 0 Å². The predicted octanol–water partition coefficient (Wildman–Crippen LogP) is 2.59. The third-order valence-corrected chi connectivity index (χ3v) is 5.29. The molecule has 5 nitrogen and oxygen atoms in total. The van der Waals surface area contributed by atoms with Gasteiger partial charge in [-0.2, -0.15) is 0 Å². The molecule has 1 unspecified atom stereocenters. The monoisotopic (exact) mass is 340 g/mol. The fraction of sp³-hybridized carbons (Fsp3) is 0.706. The molecular weight excluding hydrogens is 312 g/mol. The summed E-state index contributed by atoms with van der Waals surface area (Å²) in [6, 6.07) is 5.88. The molecular formula is C17H28N2O3S. The molecule has 1 saturated heterocycles. The van der Waals surface area contributed by atoms with Crippen LogP contribution >= 0.6 is 0 Å². The topological polar surface area (TPSA) is 66.4 Å². The van der Waals surface area contributed by atoms with Crippen molar-refractivity contribution in [3.63, 3.8) is 0 Å². The summed E-state index contributed by atoms with van der Waals surface area (Å²) in [5.41, 5.74) is 0.981. The highest BCUT2D eigenvalue weighted by molar-refractivity contribution is 7.90. The van der Waals surface area contributed by atoms with Crippen LogP contribution in [0.2, 0.25) is 0 Å². The van der Waals surface area contributed by atoms with E-state index < -0.39 is 17.1 Å². The van der Waals surface area contributed by atoms with Crippen molar-refractivity contribution in [2.45, 2.75) is 70.1 Å². The summed E-state index contributed by atoms with van der Waals surface area (Å²) in [4.78, 5) is 4.38. The van der Waals surface area contributed by atoms with Crippen molar-refractivity contribution in [2.75, 3.05) is 6.61 Å². The van der Waals surface area contributed by atoms with E-state index in [4.69, 9.17) is 9.47 Å². The Kier molecular flexibility index (Phi) is 6.08. The van der Waals surface area contributed by atoms with E-state index in [0.717, 1.165) is 12.1 Å². The van der Waals surface area contributed by atoms with Crippen LogP contribution in [0.1, 0.15) is 46.7 Å². The summed E-state index contributed by atoms with van der Waals surface area (Å²) >= 11 is -1.13. The van der Waals surface area contributed by atoms with Crippen molar-refractivity contribution in [3.05, 3.63) is 30.1 Å². The van der Waals surface area contributed by atoms with Crippen molar-refractivity contribution in [3.8, 4) is 0 Å². The van der Waals surface area contributed by atoms with E-state index in [-0.39, 0.29) is 16.9 Å². The summed E-state index contributed by atoms with van der Waals surface area (Å²) in [5, 5.41) is 0. The second-order valence-corrected chi connectivity index (χ2v) is 9.41. The number of pyridine rings is 1. The fourth-order valence-corrected chi connectivity index (χ4v) is 3.30. The first kappa shape index (κ1) is 18.7. The molecule has 1 fully saturated rings. The third-order valence-electron chi connectivity index (χ3n) is 3.63. The Labute approximate surface area is 142 Å². The Balaban J connectivity index is 2.02. The SMILES string of the molecule is CC1(C)OC[C@H](C[C@H](Cc2ccccn2)N[S+]([O-])C(C)(C)C)O1. The number of rotatable bonds is 6. The van der Waals surface area contributed by atoms with Gasteiger partial charge in [0.1, 0.15) is 4.75 Å². The quantitative estimate of drug-likeness (QED) is 0.806. The van der Waals surface area contributed by atoms with Crippen LogP contribution in [0.3, 0.4) is 0 Å². The molecule has 0 radical (unpaired) electrons. The molecule has 2 heterocycles. The summed E-state index contributed by atoms with van der Waals surface area (Å²) < 4.78 is 27.0. The molecule has 1 aliphatic heterocycles. The molecule has 0 amide bonds. The summed E-state index contributed by atoms with van der Waals surface area (Å²) in [7, 11) is 0. The van der Waals surface area contributed by atoms with Gasteiger partial charge in [0, 0.05) is 29.7 Å². The minimum absolute atomic E-state index is 0.00295. The molecule has 130 valence electrons. The average Bonchev–Trinajstić information content (AvgIpc) is 2.78. The third kappa shape index (κ3) is 6.04. The number of aromatic nitrogens is 1. The van der Waals surface area contributed by atoms with Crippen LogP contribution in [-0.2, 0) is 27.3 Å². The smallest absolute Gasteiger partial charge is 0.163 e. The van der Waals surface area contributed by atoms with Crippen LogP contribution in [0.4, 0.5) is 0 Å². The zero-order valence-corrected chi connectivity index (χ0v) is 15.5. The summed E-state index contributed by atoms with van der Waals surface area (Å²) in [6.45, 7) is 10.3. The summed E-state index contributed by atoms with van der Waals surface area (Å²) in [5.74, 6) is -0.538. The van der Waals surface area contributed by atoms with Gasteiger partial charge < -0.3 is 14.0 Å². The van der Waals surface area contributed by atoms with Crippen LogP contribution < -0.4 is 4.72 Å². The van der Waals surface area contributed by atoms with Gasteiger partial charge in [-0.05, 0) is 53.2 Å². The Bertz CT molecular complexity index is 490. The van der Waals surface area contributed by atoms with Crippen molar-refractivity contribution >= 4 is 11.4 Å². The normalized spacial score (nSPS) is 23.7. The molecule has 3 atom stereocenters.